The molecular weight excluding hydrogens is 372 g/mol. The summed E-state index contributed by atoms with van der Waals surface area (Å²) in [7, 11) is 0. The molecule has 2 heterocycles. The van der Waals surface area contributed by atoms with Crippen molar-refractivity contribution in [2.24, 2.45) is 9.98 Å². The molecule has 0 saturated carbocycles. The van der Waals surface area contributed by atoms with E-state index in [9.17, 15) is 0 Å². The molecule has 0 radical (unpaired) electrons. The van der Waals surface area contributed by atoms with Gasteiger partial charge in [-0.15, -0.1) is 0 Å². The predicted molar refractivity (Wildman–Crippen MR) is 119 cm³/mol. The summed E-state index contributed by atoms with van der Waals surface area (Å²) in [6.45, 7) is 5.33. The summed E-state index contributed by atoms with van der Waals surface area (Å²) in [4.78, 5) is 9.55. The maximum Gasteiger partial charge on any atom is 0.216 e. The van der Waals surface area contributed by atoms with Gasteiger partial charge in [0.1, 0.15) is 25.3 Å². The Hall–Kier alpha value is -3.40. The van der Waals surface area contributed by atoms with Crippen LogP contribution in [-0.2, 0) is 9.47 Å². The van der Waals surface area contributed by atoms with Crippen molar-refractivity contribution in [1.29, 1.82) is 0 Å². The lowest BCUT2D eigenvalue weighted by molar-refractivity contribution is 0.319. The van der Waals surface area contributed by atoms with Gasteiger partial charge >= 0.3 is 0 Å². The third kappa shape index (κ3) is 3.73. The summed E-state index contributed by atoms with van der Waals surface area (Å²) in [5.74, 6) is 1.39. The summed E-state index contributed by atoms with van der Waals surface area (Å²) >= 11 is 0. The minimum absolute atomic E-state index is 0.0538. The first-order valence-corrected chi connectivity index (χ1v) is 10.3. The zero-order valence-electron chi connectivity index (χ0n) is 17.2. The van der Waals surface area contributed by atoms with Crippen LogP contribution < -0.4 is 0 Å². The van der Waals surface area contributed by atoms with Crippen LogP contribution in [-0.4, -0.2) is 25.0 Å². The van der Waals surface area contributed by atoms with Gasteiger partial charge in [0, 0.05) is 11.1 Å². The summed E-state index contributed by atoms with van der Waals surface area (Å²) < 4.78 is 11.7. The molecular formula is C26H24N2O2. The molecule has 2 aliphatic heterocycles. The maximum atomic E-state index is 5.87. The highest BCUT2D eigenvalue weighted by Crippen LogP contribution is 2.27. The normalized spacial score (nSPS) is 20.3. The smallest absolute Gasteiger partial charge is 0.216 e. The highest BCUT2D eigenvalue weighted by molar-refractivity contribution is 5.98. The van der Waals surface area contributed by atoms with Gasteiger partial charge in [-0.05, 0) is 49.2 Å². The number of hydrogen-bond acceptors (Lipinski definition) is 4. The Morgan fingerprint density at radius 2 is 0.933 bits per heavy atom. The Balaban J connectivity index is 1.31. The van der Waals surface area contributed by atoms with Crippen molar-refractivity contribution in [2.75, 3.05) is 13.2 Å². The number of aliphatic imine (C=N–C) groups is 2. The minimum atomic E-state index is 0.0538. The molecule has 0 bridgehead atoms. The molecule has 0 aliphatic carbocycles. The Morgan fingerprint density at radius 3 is 1.30 bits per heavy atom. The molecule has 3 aromatic rings. The quantitative estimate of drug-likeness (QED) is 0.597. The summed E-state index contributed by atoms with van der Waals surface area (Å²) in [5.41, 5.74) is 6.81. The summed E-state index contributed by atoms with van der Waals surface area (Å²) in [6, 6.07) is 25.2. The van der Waals surface area contributed by atoms with Crippen molar-refractivity contribution in [3.8, 4) is 0 Å². The summed E-state index contributed by atoms with van der Waals surface area (Å²) in [5, 5.41) is 0. The van der Waals surface area contributed by atoms with Crippen LogP contribution in [0.5, 0.6) is 0 Å². The number of ether oxygens (including phenoxy) is 2. The predicted octanol–water partition coefficient (Wildman–Crippen LogP) is 5.34. The van der Waals surface area contributed by atoms with E-state index in [1.807, 2.05) is 24.3 Å². The summed E-state index contributed by atoms with van der Waals surface area (Å²) in [6.07, 6.45) is 0. The van der Waals surface area contributed by atoms with E-state index >= 15 is 0 Å². The van der Waals surface area contributed by atoms with Crippen LogP contribution in [0.3, 0.4) is 0 Å². The fourth-order valence-corrected chi connectivity index (χ4v) is 3.74. The van der Waals surface area contributed by atoms with E-state index in [4.69, 9.17) is 19.5 Å². The molecule has 30 heavy (non-hydrogen) atoms. The fourth-order valence-electron chi connectivity index (χ4n) is 3.74. The molecule has 4 nitrogen and oxygen atoms in total. The van der Waals surface area contributed by atoms with Gasteiger partial charge in [-0.2, -0.15) is 0 Å². The molecule has 0 amide bonds. The van der Waals surface area contributed by atoms with E-state index < -0.39 is 0 Å². The average Bonchev–Trinajstić information content (AvgIpc) is 3.45. The SMILES string of the molecule is Cc1ccc(C2COC(c3ccc(C4=NC(c5ccc(C)cc5)CO4)cc3)=N2)cc1. The van der Waals surface area contributed by atoms with Crippen molar-refractivity contribution >= 4 is 11.8 Å². The zero-order chi connectivity index (χ0) is 20.5. The van der Waals surface area contributed by atoms with E-state index in [2.05, 4.69) is 62.4 Å². The molecule has 0 N–H and O–H groups in total. The number of aryl methyl sites for hydroxylation is 2. The first-order valence-electron chi connectivity index (χ1n) is 10.3. The lowest BCUT2D eigenvalue weighted by Gasteiger charge is -2.05. The number of rotatable bonds is 4. The lowest BCUT2D eigenvalue weighted by Crippen LogP contribution is -2.04. The molecule has 2 unspecified atom stereocenters. The zero-order valence-corrected chi connectivity index (χ0v) is 17.2. The molecule has 2 aliphatic rings. The number of nitrogens with zero attached hydrogens (tertiary/aromatic N) is 2. The molecule has 2 atom stereocenters. The first-order chi connectivity index (χ1) is 14.7. The monoisotopic (exact) mass is 396 g/mol. The Morgan fingerprint density at radius 1 is 0.567 bits per heavy atom. The molecule has 4 heteroatoms. The third-order valence-electron chi connectivity index (χ3n) is 5.61. The van der Waals surface area contributed by atoms with Crippen LogP contribution in [0.15, 0.2) is 82.8 Å². The van der Waals surface area contributed by atoms with E-state index in [1.54, 1.807) is 0 Å². The fraction of sp³-hybridized carbons (Fsp3) is 0.231. The average molecular weight is 396 g/mol. The lowest BCUT2D eigenvalue weighted by atomic mass is 10.1. The van der Waals surface area contributed by atoms with Crippen LogP contribution in [0, 0.1) is 13.8 Å². The van der Waals surface area contributed by atoms with Crippen molar-refractivity contribution in [2.45, 2.75) is 25.9 Å². The van der Waals surface area contributed by atoms with Gasteiger partial charge in [0.2, 0.25) is 11.8 Å². The highest BCUT2D eigenvalue weighted by atomic mass is 16.5. The molecule has 0 saturated heterocycles. The Kier molecular flexibility index (Phi) is 4.83. The van der Waals surface area contributed by atoms with Crippen LogP contribution >= 0.6 is 0 Å². The maximum absolute atomic E-state index is 5.87. The standard InChI is InChI=1S/C26H24N2O2/c1-17-3-7-19(8-4-17)23-15-29-25(27-23)21-11-13-22(14-12-21)26-28-24(16-30-26)20-9-5-18(2)6-10-20/h3-14,23-24H,15-16H2,1-2H3. The van der Waals surface area contributed by atoms with E-state index in [1.165, 1.54) is 22.3 Å². The van der Waals surface area contributed by atoms with E-state index in [0.29, 0.717) is 25.0 Å². The second-order valence-corrected chi connectivity index (χ2v) is 7.92. The van der Waals surface area contributed by atoms with Gasteiger partial charge < -0.3 is 9.47 Å². The van der Waals surface area contributed by atoms with Crippen molar-refractivity contribution < 1.29 is 9.47 Å². The third-order valence-corrected chi connectivity index (χ3v) is 5.61. The Labute approximate surface area is 176 Å². The minimum Gasteiger partial charge on any atom is -0.475 e. The molecule has 0 spiro atoms. The van der Waals surface area contributed by atoms with Crippen LogP contribution in [0.25, 0.3) is 0 Å². The van der Waals surface area contributed by atoms with Crippen molar-refractivity contribution in [1.82, 2.24) is 0 Å². The highest BCUT2D eigenvalue weighted by Gasteiger charge is 2.24. The van der Waals surface area contributed by atoms with Gasteiger partial charge in [-0.1, -0.05) is 59.7 Å². The topological polar surface area (TPSA) is 43.2 Å². The largest absolute Gasteiger partial charge is 0.475 e. The molecule has 5 rings (SSSR count). The van der Waals surface area contributed by atoms with Gasteiger partial charge in [-0.25, -0.2) is 9.98 Å². The molecule has 0 fully saturated rings. The van der Waals surface area contributed by atoms with Gasteiger partial charge in [0.15, 0.2) is 0 Å². The van der Waals surface area contributed by atoms with Crippen molar-refractivity contribution in [3.05, 3.63) is 106 Å². The van der Waals surface area contributed by atoms with Crippen LogP contribution in [0.4, 0.5) is 0 Å². The Bertz CT molecular complexity index is 1010. The number of benzene rings is 3. The van der Waals surface area contributed by atoms with Gasteiger partial charge in [0.05, 0.1) is 0 Å². The van der Waals surface area contributed by atoms with E-state index in [0.717, 1.165) is 11.1 Å². The van der Waals surface area contributed by atoms with Crippen molar-refractivity contribution in [3.63, 3.8) is 0 Å². The number of hydrogen-bond donors (Lipinski definition) is 0. The van der Waals surface area contributed by atoms with Crippen LogP contribution in [0.2, 0.25) is 0 Å². The van der Waals surface area contributed by atoms with Gasteiger partial charge in [-0.3, -0.25) is 0 Å². The van der Waals surface area contributed by atoms with E-state index in [-0.39, 0.29) is 12.1 Å². The molecule has 150 valence electrons. The van der Waals surface area contributed by atoms with Crippen LogP contribution in [0.1, 0.15) is 45.5 Å². The molecule has 0 aromatic heterocycles. The second-order valence-electron chi connectivity index (χ2n) is 7.92. The second kappa shape index (κ2) is 7.79. The first kappa shape index (κ1) is 18.6. The molecule has 3 aromatic carbocycles. The van der Waals surface area contributed by atoms with Gasteiger partial charge in [0.25, 0.3) is 0 Å².